The summed E-state index contributed by atoms with van der Waals surface area (Å²) in [6.07, 6.45) is 5.96. The van der Waals surface area contributed by atoms with Crippen LogP contribution in [0.15, 0.2) is 23.2 Å². The molecule has 3 aromatic heterocycles. The lowest BCUT2D eigenvalue weighted by Gasteiger charge is -2.15. The van der Waals surface area contributed by atoms with E-state index in [1.165, 1.54) is 0 Å². The van der Waals surface area contributed by atoms with Gasteiger partial charge in [0, 0.05) is 6.42 Å². The van der Waals surface area contributed by atoms with Crippen molar-refractivity contribution < 1.29 is 4.52 Å². The van der Waals surface area contributed by atoms with Gasteiger partial charge in [-0.25, -0.2) is 9.97 Å². The quantitative estimate of drug-likeness (QED) is 0.801. The van der Waals surface area contributed by atoms with Crippen LogP contribution in [0.5, 0.6) is 0 Å². The average molecular weight is 289 g/mol. The molecular weight excluding hydrogens is 274 g/mol. The summed E-state index contributed by atoms with van der Waals surface area (Å²) >= 11 is 1.59. The molecule has 0 spiro atoms. The number of H-pyrrole nitrogens is 1. The Morgan fingerprint density at radius 2 is 2.15 bits per heavy atom. The van der Waals surface area contributed by atoms with E-state index in [0.29, 0.717) is 11.7 Å². The second kappa shape index (κ2) is 4.82. The summed E-state index contributed by atoms with van der Waals surface area (Å²) < 4.78 is 5.28. The fourth-order valence-corrected chi connectivity index (χ4v) is 2.90. The minimum Gasteiger partial charge on any atom is -0.342 e. The lowest BCUT2D eigenvalue weighted by atomic mass is 9.93. The highest BCUT2D eigenvalue weighted by Gasteiger charge is 2.17. The van der Waals surface area contributed by atoms with Gasteiger partial charge in [0.15, 0.2) is 0 Å². The molecule has 0 bridgehead atoms. The molecule has 0 saturated carbocycles. The van der Waals surface area contributed by atoms with Gasteiger partial charge in [-0.2, -0.15) is 4.98 Å². The number of hydrogen-bond donors (Lipinski definition) is 1. The molecule has 3 rings (SSSR count). The SMILES string of the molecule is CC(C)(C)Cc1ncc(-c2nc(-c3cnc[nH]3)no2)s1. The zero-order chi connectivity index (χ0) is 14.2. The Morgan fingerprint density at radius 1 is 1.30 bits per heavy atom. The summed E-state index contributed by atoms with van der Waals surface area (Å²) in [6, 6.07) is 0. The van der Waals surface area contributed by atoms with Crippen LogP contribution < -0.4 is 0 Å². The van der Waals surface area contributed by atoms with Gasteiger partial charge in [-0.05, 0) is 5.41 Å². The average Bonchev–Trinajstić information content (AvgIpc) is 3.07. The number of imidazole rings is 1. The minimum absolute atomic E-state index is 0.213. The summed E-state index contributed by atoms with van der Waals surface area (Å²) in [7, 11) is 0. The maximum absolute atomic E-state index is 5.28. The van der Waals surface area contributed by atoms with E-state index in [4.69, 9.17) is 4.52 Å². The van der Waals surface area contributed by atoms with Crippen LogP contribution in [0.2, 0.25) is 0 Å². The van der Waals surface area contributed by atoms with Crippen molar-refractivity contribution in [2.24, 2.45) is 5.41 Å². The Bertz CT molecular complexity index is 692. The fourth-order valence-electron chi connectivity index (χ4n) is 1.76. The van der Waals surface area contributed by atoms with E-state index in [1.807, 2.05) is 0 Å². The highest BCUT2D eigenvalue weighted by molar-refractivity contribution is 7.15. The van der Waals surface area contributed by atoms with Gasteiger partial charge in [0.1, 0.15) is 10.6 Å². The van der Waals surface area contributed by atoms with Crippen molar-refractivity contribution in [3.63, 3.8) is 0 Å². The van der Waals surface area contributed by atoms with E-state index >= 15 is 0 Å². The largest absolute Gasteiger partial charge is 0.342 e. The Hall–Kier alpha value is -2.02. The Labute approximate surface area is 120 Å². The Kier molecular flexibility index (Phi) is 3.13. The second-order valence-electron chi connectivity index (χ2n) is 5.74. The summed E-state index contributed by atoms with van der Waals surface area (Å²) in [5.74, 6) is 0.996. The molecule has 20 heavy (non-hydrogen) atoms. The topological polar surface area (TPSA) is 80.5 Å². The summed E-state index contributed by atoms with van der Waals surface area (Å²) in [4.78, 5) is 16.6. The molecule has 1 N–H and O–H groups in total. The molecule has 0 atom stereocenters. The van der Waals surface area contributed by atoms with Crippen molar-refractivity contribution in [1.29, 1.82) is 0 Å². The van der Waals surface area contributed by atoms with Gasteiger partial charge < -0.3 is 9.51 Å². The van der Waals surface area contributed by atoms with E-state index in [1.54, 1.807) is 30.1 Å². The molecule has 0 fully saturated rings. The van der Waals surface area contributed by atoms with E-state index in [9.17, 15) is 0 Å². The first-order chi connectivity index (χ1) is 9.51. The predicted octanol–water partition coefficient (Wildman–Crippen LogP) is 3.17. The highest BCUT2D eigenvalue weighted by Crippen LogP contribution is 2.29. The molecule has 3 aromatic rings. The van der Waals surface area contributed by atoms with Crippen LogP contribution in [-0.2, 0) is 6.42 Å². The zero-order valence-electron chi connectivity index (χ0n) is 11.5. The fraction of sp³-hybridized carbons (Fsp3) is 0.385. The standard InChI is InChI=1S/C13H15N5OS/c1-13(2,3)4-10-15-6-9(20-10)12-17-11(18-19-12)8-5-14-7-16-8/h5-7H,4H2,1-3H3,(H,14,16). The van der Waals surface area contributed by atoms with Crippen LogP contribution >= 0.6 is 11.3 Å². The van der Waals surface area contributed by atoms with E-state index < -0.39 is 0 Å². The first kappa shape index (κ1) is 13.0. The molecule has 0 aliphatic carbocycles. The number of rotatable bonds is 3. The van der Waals surface area contributed by atoms with Crippen LogP contribution in [0.3, 0.4) is 0 Å². The maximum atomic E-state index is 5.28. The summed E-state index contributed by atoms with van der Waals surface area (Å²) in [5, 5.41) is 5.02. The van der Waals surface area contributed by atoms with Crippen molar-refractivity contribution in [2.45, 2.75) is 27.2 Å². The number of aromatic nitrogens is 5. The molecule has 0 saturated heterocycles. The molecule has 0 aliphatic rings. The number of aromatic amines is 1. The molecule has 104 valence electrons. The summed E-state index contributed by atoms with van der Waals surface area (Å²) in [6.45, 7) is 6.57. The van der Waals surface area contributed by atoms with Crippen LogP contribution in [0.4, 0.5) is 0 Å². The smallest absolute Gasteiger partial charge is 0.270 e. The first-order valence-electron chi connectivity index (χ1n) is 6.29. The third-order valence-corrected chi connectivity index (χ3v) is 3.60. The van der Waals surface area contributed by atoms with E-state index in [0.717, 1.165) is 22.0 Å². The van der Waals surface area contributed by atoms with Gasteiger partial charge in [-0.15, -0.1) is 11.3 Å². The van der Waals surface area contributed by atoms with Crippen molar-refractivity contribution in [3.8, 4) is 22.3 Å². The summed E-state index contributed by atoms with van der Waals surface area (Å²) in [5.41, 5.74) is 0.949. The number of nitrogens with one attached hydrogen (secondary N) is 1. The van der Waals surface area contributed by atoms with Gasteiger partial charge in [0.05, 0.1) is 23.7 Å². The van der Waals surface area contributed by atoms with E-state index in [-0.39, 0.29) is 5.41 Å². The lowest BCUT2D eigenvalue weighted by molar-refractivity contribution is 0.410. The number of hydrogen-bond acceptors (Lipinski definition) is 6. The molecule has 6 nitrogen and oxygen atoms in total. The van der Waals surface area contributed by atoms with Crippen molar-refractivity contribution in [3.05, 3.63) is 23.7 Å². The van der Waals surface area contributed by atoms with Crippen molar-refractivity contribution >= 4 is 11.3 Å². The van der Waals surface area contributed by atoms with Gasteiger partial charge >= 0.3 is 0 Å². The van der Waals surface area contributed by atoms with Crippen LogP contribution in [0, 0.1) is 5.41 Å². The van der Waals surface area contributed by atoms with Gasteiger partial charge in [0.2, 0.25) is 5.82 Å². The Morgan fingerprint density at radius 3 is 2.85 bits per heavy atom. The van der Waals surface area contributed by atoms with Crippen LogP contribution in [0.1, 0.15) is 25.8 Å². The van der Waals surface area contributed by atoms with Gasteiger partial charge in [-0.1, -0.05) is 25.9 Å². The molecule has 7 heteroatoms. The molecule has 0 amide bonds. The molecule has 0 unspecified atom stereocenters. The van der Waals surface area contributed by atoms with Crippen molar-refractivity contribution in [1.82, 2.24) is 25.1 Å². The monoisotopic (exact) mass is 289 g/mol. The van der Waals surface area contributed by atoms with Crippen LogP contribution in [-0.4, -0.2) is 25.1 Å². The molecule has 0 radical (unpaired) electrons. The highest BCUT2D eigenvalue weighted by atomic mass is 32.1. The Balaban J connectivity index is 1.83. The number of nitrogens with zero attached hydrogens (tertiary/aromatic N) is 4. The minimum atomic E-state index is 0.213. The van der Waals surface area contributed by atoms with E-state index in [2.05, 4.69) is 45.9 Å². The first-order valence-corrected chi connectivity index (χ1v) is 7.10. The normalized spacial score (nSPS) is 11.9. The third-order valence-electron chi connectivity index (χ3n) is 2.61. The second-order valence-corrected chi connectivity index (χ2v) is 6.86. The third kappa shape index (κ3) is 2.77. The lowest BCUT2D eigenvalue weighted by Crippen LogP contribution is -2.08. The molecule has 0 aromatic carbocycles. The van der Waals surface area contributed by atoms with Gasteiger partial charge in [0.25, 0.3) is 5.89 Å². The van der Waals surface area contributed by atoms with Crippen LogP contribution in [0.25, 0.3) is 22.3 Å². The predicted molar refractivity (Wildman–Crippen MR) is 76.1 cm³/mol. The van der Waals surface area contributed by atoms with Crippen molar-refractivity contribution in [2.75, 3.05) is 0 Å². The molecule has 0 aliphatic heterocycles. The van der Waals surface area contributed by atoms with Gasteiger partial charge in [-0.3, -0.25) is 0 Å². The number of thiazole rings is 1. The molecular formula is C13H15N5OS. The maximum Gasteiger partial charge on any atom is 0.270 e. The zero-order valence-corrected chi connectivity index (χ0v) is 12.4. The molecule has 3 heterocycles.